The first-order chi connectivity index (χ1) is 41.2. The Balaban J connectivity index is 1.34. The lowest BCUT2D eigenvalue weighted by molar-refractivity contribution is -0.404. The van der Waals surface area contributed by atoms with Gasteiger partial charge in [-0.1, -0.05) is 138 Å². The number of aliphatic hydroxyl groups is 11. The van der Waals surface area contributed by atoms with Gasteiger partial charge in [-0.05, 0) is 89.8 Å². The number of hydrogen-bond donors (Lipinski definition) is 11. The van der Waals surface area contributed by atoms with Crippen LogP contribution in [0.5, 0.6) is 0 Å². The van der Waals surface area contributed by atoms with E-state index >= 15 is 0 Å². The molecule has 0 aromatic heterocycles. The quantitative estimate of drug-likeness (QED) is 0.130. The predicted molar refractivity (Wildman–Crippen MR) is 326 cm³/mol. The second kappa shape index (κ2) is 29.6. The molecule has 22 aliphatic rings. The van der Waals surface area contributed by atoms with Crippen molar-refractivity contribution in [3.63, 3.8) is 0 Å². The molecule has 22 rings (SSSR count). The van der Waals surface area contributed by atoms with E-state index in [4.69, 9.17) is 61.6 Å². The number of rotatable bonds is 11. The minimum atomic E-state index is -1.90. The molecule has 24 nitrogen and oxygen atoms in total. The van der Waals surface area contributed by atoms with Crippen molar-refractivity contribution in [2.45, 2.75) is 374 Å². The topological polar surface area (TPSA) is 343 Å². The summed E-state index contributed by atoms with van der Waals surface area (Å²) in [7, 11) is 0. The van der Waals surface area contributed by atoms with Gasteiger partial charge in [0.1, 0.15) is 110 Å². The van der Waals surface area contributed by atoms with Crippen molar-refractivity contribution in [2.24, 2.45) is 38.4 Å². The van der Waals surface area contributed by atoms with Crippen LogP contribution < -0.4 is 0 Å². The molecule has 22 fully saturated rings. The molecule has 0 radical (unpaired) electrons. The Bertz CT molecular complexity index is 2200. The van der Waals surface area contributed by atoms with Crippen molar-refractivity contribution >= 4 is 0 Å². The normalized spacial score (nSPS) is 45.1. The van der Waals surface area contributed by atoms with Gasteiger partial charge in [-0.2, -0.15) is 0 Å². The third kappa shape index (κ3) is 19.9. The van der Waals surface area contributed by atoms with Crippen LogP contribution in [0.2, 0.25) is 0 Å². The van der Waals surface area contributed by atoms with Gasteiger partial charge in [0.15, 0.2) is 37.7 Å². The maximum atomic E-state index is 12.9. The van der Waals surface area contributed by atoms with Gasteiger partial charge in [-0.3, -0.25) is 0 Å². The Labute approximate surface area is 535 Å². The summed E-state index contributed by atoms with van der Waals surface area (Å²) in [6.07, 6.45) is -43.7. The van der Waals surface area contributed by atoms with Crippen molar-refractivity contribution in [1.82, 2.24) is 0 Å². The Hall–Kier alpha value is -0.960. The van der Waals surface area contributed by atoms with Crippen LogP contribution in [-0.2, 0) is 61.6 Å². The molecule has 22 saturated heterocycles. The van der Waals surface area contributed by atoms with Gasteiger partial charge in [-0.25, -0.2) is 0 Å². The summed E-state index contributed by atoms with van der Waals surface area (Å²) >= 11 is 0. The van der Waals surface area contributed by atoms with Gasteiger partial charge in [0.2, 0.25) is 0 Å². The Morgan fingerprint density at radius 3 is 0.744 bits per heavy atom. The minimum absolute atomic E-state index is 0.0793. The molecule has 528 valence electrons. The van der Waals surface area contributed by atoms with E-state index in [2.05, 4.69) is 20.8 Å². The van der Waals surface area contributed by atoms with Crippen LogP contribution in [0.4, 0.5) is 0 Å². The van der Waals surface area contributed by atoms with E-state index in [1.807, 2.05) is 118 Å². The van der Waals surface area contributed by atoms with E-state index in [1.54, 1.807) is 0 Å². The van der Waals surface area contributed by atoms with E-state index in [0.29, 0.717) is 6.42 Å². The van der Waals surface area contributed by atoms with E-state index in [1.165, 1.54) is 0 Å². The third-order valence-electron chi connectivity index (χ3n) is 17.7. The van der Waals surface area contributed by atoms with Crippen LogP contribution in [0.15, 0.2) is 0 Å². The van der Waals surface area contributed by atoms with Crippen LogP contribution in [0.1, 0.15) is 190 Å². The molecule has 30 atom stereocenters. The average molecular weight is 1300 g/mol. The summed E-state index contributed by atoms with van der Waals surface area (Å²) < 4.78 is 86.1. The van der Waals surface area contributed by atoms with E-state index in [0.717, 1.165) is 6.42 Å². The number of hydrogen-bond acceptors (Lipinski definition) is 24. The molecule has 12 bridgehead atoms. The average Bonchev–Trinajstić information content (AvgIpc) is 0.785. The molecule has 11 N–H and O–H groups in total. The summed E-state index contributed by atoms with van der Waals surface area (Å²) in [5, 5.41) is 135. The molecule has 0 aliphatic carbocycles. The maximum Gasteiger partial charge on any atom is 0.187 e. The summed E-state index contributed by atoms with van der Waals surface area (Å²) in [5.41, 5.74) is -2.72. The molecule has 90 heavy (non-hydrogen) atoms. The highest BCUT2D eigenvalue weighted by Gasteiger charge is 2.60. The van der Waals surface area contributed by atoms with Crippen molar-refractivity contribution in [3.8, 4) is 0 Å². The monoisotopic (exact) mass is 1300 g/mol. The highest BCUT2D eigenvalue weighted by Crippen LogP contribution is 2.45. The van der Waals surface area contributed by atoms with Crippen molar-refractivity contribution in [1.29, 1.82) is 0 Å². The maximum absolute atomic E-state index is 12.9. The van der Waals surface area contributed by atoms with E-state index in [-0.39, 0.29) is 56.5 Å². The fourth-order valence-electron chi connectivity index (χ4n) is 13.5. The molecule has 0 aromatic rings. The second-order valence-corrected chi connectivity index (χ2v) is 34.7. The summed E-state index contributed by atoms with van der Waals surface area (Å²) in [6, 6.07) is 0. The lowest BCUT2D eigenvalue weighted by Gasteiger charge is -2.52. The predicted octanol–water partition coefficient (Wildman–Crippen LogP) is 4.07. The zero-order valence-corrected chi connectivity index (χ0v) is 57.5. The van der Waals surface area contributed by atoms with Gasteiger partial charge in [-0.15, -0.1) is 0 Å². The summed E-state index contributed by atoms with van der Waals surface area (Å²) in [6.45, 7) is 39.3. The first-order valence-electron chi connectivity index (χ1n) is 33.2. The molecular formula is C66H120O24. The highest BCUT2D eigenvalue weighted by molar-refractivity contribution is 5.03. The number of ether oxygens (including phenoxy) is 13. The molecule has 30 unspecified atom stereocenters. The van der Waals surface area contributed by atoms with Crippen LogP contribution in [0.25, 0.3) is 0 Å². The lowest BCUT2D eigenvalue weighted by Crippen LogP contribution is -2.68. The van der Waals surface area contributed by atoms with Gasteiger partial charge in [0.05, 0.1) is 36.6 Å². The van der Waals surface area contributed by atoms with Crippen LogP contribution >= 0.6 is 0 Å². The number of aliphatic hydroxyl groups excluding tert-OH is 11. The van der Waals surface area contributed by atoms with Gasteiger partial charge in [0, 0.05) is 6.61 Å². The summed E-state index contributed by atoms with van der Waals surface area (Å²) in [5.74, 6) is -0.113. The molecular weight excluding hydrogens is 1180 g/mol. The molecule has 0 amide bonds. The lowest BCUT2D eigenvalue weighted by atomic mass is 9.83. The highest BCUT2D eigenvalue weighted by atomic mass is 16.8. The second-order valence-electron chi connectivity index (χ2n) is 34.7. The summed E-state index contributed by atoms with van der Waals surface area (Å²) in [4.78, 5) is 0. The Morgan fingerprint density at radius 1 is 0.278 bits per heavy atom. The van der Waals surface area contributed by atoms with Gasteiger partial charge in [0.25, 0.3) is 0 Å². The molecule has 0 aromatic carbocycles. The molecule has 0 spiro atoms. The Kier molecular flexibility index (Phi) is 25.2. The first-order valence-corrected chi connectivity index (χ1v) is 33.2. The fourth-order valence-corrected chi connectivity index (χ4v) is 13.5. The standard InChI is InChI=1S/C66H120O24/c1-30(2)24-31-48-37(67)42(72)55(79-31)89-53-36(29-66(18,19)20)84-60(54(47(53)77)78-23-21-22-61(3,4)5)90-52-35(28-65(15,16)17)83-59(46(76)41(52)71)88-51-34(27-64(12,13)14)82-58(45(75)40(51)70)87-50-33(26-63(9,10)11)81-57(44(74)39(50)69)86-49-32(25-62(6,7)8)80-56(85-48)43(73)38(49)68/h30-60,67-77H,21-29H2,1-20H3. The zero-order chi connectivity index (χ0) is 67.5. The first kappa shape index (κ1) is 76.4. The van der Waals surface area contributed by atoms with Crippen LogP contribution in [-0.4, -0.2) is 247 Å². The van der Waals surface area contributed by atoms with E-state index in [9.17, 15) is 56.2 Å². The fraction of sp³-hybridized carbons (Fsp3) is 1.00. The molecule has 24 heteroatoms. The van der Waals surface area contributed by atoms with Gasteiger partial charge >= 0.3 is 0 Å². The van der Waals surface area contributed by atoms with Crippen molar-refractivity contribution in [2.75, 3.05) is 6.61 Å². The Morgan fingerprint density at radius 2 is 0.500 bits per heavy atom. The van der Waals surface area contributed by atoms with E-state index < -0.39 is 211 Å². The molecule has 0 saturated carbocycles. The van der Waals surface area contributed by atoms with Crippen molar-refractivity contribution in [3.05, 3.63) is 0 Å². The van der Waals surface area contributed by atoms with Crippen molar-refractivity contribution < 1.29 is 118 Å². The smallest absolute Gasteiger partial charge is 0.187 e. The largest absolute Gasteiger partial charge is 0.387 e. The zero-order valence-electron chi connectivity index (χ0n) is 57.5. The van der Waals surface area contributed by atoms with Crippen LogP contribution in [0.3, 0.4) is 0 Å². The minimum Gasteiger partial charge on any atom is -0.387 e. The molecule has 22 heterocycles. The SMILES string of the molecule is CC(C)CC1OC2OC3C(CC(C)(C)C)OC(OC4C(CC(C)(C)C)OC(OC5C(CC(C)(C)C)OC(OC6C(CC(C)(C)C)OC(OC7C(CC(C)(C)C)OC(OC1C(O)C2O)C(O)C7O)C(O)C6O)C(O)C5O)C(O)C4O)C(OCCCC(C)(C)C)C3O. The molecule has 22 aliphatic heterocycles. The van der Waals surface area contributed by atoms with Crippen LogP contribution in [0, 0.1) is 38.4 Å². The third-order valence-corrected chi connectivity index (χ3v) is 17.7. The van der Waals surface area contributed by atoms with Gasteiger partial charge < -0.3 is 118 Å².